The summed E-state index contributed by atoms with van der Waals surface area (Å²) in [6.07, 6.45) is 0.423. The summed E-state index contributed by atoms with van der Waals surface area (Å²) in [7, 11) is 1.77. The minimum absolute atomic E-state index is 0.423. The summed E-state index contributed by atoms with van der Waals surface area (Å²) in [4.78, 5) is 2.37. The molecule has 0 radical (unpaired) electrons. The van der Waals surface area contributed by atoms with Gasteiger partial charge in [-0.2, -0.15) is 0 Å². The zero-order chi connectivity index (χ0) is 10.8. The van der Waals surface area contributed by atoms with Crippen LogP contribution in [-0.2, 0) is 11.3 Å². The van der Waals surface area contributed by atoms with Crippen LogP contribution in [0.2, 0.25) is 0 Å². The van der Waals surface area contributed by atoms with Gasteiger partial charge in [-0.15, -0.1) is 0 Å². The van der Waals surface area contributed by atoms with E-state index in [0.717, 1.165) is 25.3 Å². The normalized spacial score (nSPS) is 17.7. The second-order valence-corrected chi connectivity index (χ2v) is 4.24. The van der Waals surface area contributed by atoms with Gasteiger partial charge in [-0.25, -0.2) is 0 Å². The van der Waals surface area contributed by atoms with Crippen molar-refractivity contribution in [2.75, 3.05) is 25.9 Å². The van der Waals surface area contributed by atoms with Crippen LogP contribution >= 0.6 is 0 Å². The molecule has 0 atom stereocenters. The third kappa shape index (κ3) is 2.30. The molecular formula is C12H18N2O. The standard InChI is InChI=1S/C12H18N2O/c1-9-3-4-11(13)5-10(9)6-14-7-12(8-14)15-2/h3-5,12H,6-8,13H2,1-2H3. The number of rotatable bonds is 3. The van der Waals surface area contributed by atoms with Crippen LogP contribution in [0.15, 0.2) is 18.2 Å². The third-order valence-electron chi connectivity index (χ3n) is 3.02. The van der Waals surface area contributed by atoms with Crippen LogP contribution in [0, 0.1) is 6.92 Å². The first kappa shape index (κ1) is 10.5. The smallest absolute Gasteiger partial charge is 0.0825 e. The topological polar surface area (TPSA) is 38.5 Å². The van der Waals surface area contributed by atoms with Crippen molar-refractivity contribution < 1.29 is 4.74 Å². The Bertz CT molecular complexity index is 345. The van der Waals surface area contributed by atoms with E-state index in [1.54, 1.807) is 7.11 Å². The molecule has 1 saturated heterocycles. The highest BCUT2D eigenvalue weighted by Crippen LogP contribution is 2.19. The van der Waals surface area contributed by atoms with Crippen LogP contribution in [0.1, 0.15) is 11.1 Å². The molecule has 0 unspecified atom stereocenters. The minimum Gasteiger partial charge on any atom is -0.399 e. The van der Waals surface area contributed by atoms with E-state index in [4.69, 9.17) is 10.5 Å². The van der Waals surface area contributed by atoms with Crippen LogP contribution < -0.4 is 5.73 Å². The maximum Gasteiger partial charge on any atom is 0.0825 e. The molecule has 2 rings (SSSR count). The molecule has 1 aromatic rings. The van der Waals surface area contributed by atoms with Crippen molar-refractivity contribution in [1.29, 1.82) is 0 Å². The average molecular weight is 206 g/mol. The van der Waals surface area contributed by atoms with Crippen LogP contribution in [0.3, 0.4) is 0 Å². The second-order valence-electron chi connectivity index (χ2n) is 4.24. The van der Waals surface area contributed by atoms with Crippen molar-refractivity contribution in [3.05, 3.63) is 29.3 Å². The summed E-state index contributed by atoms with van der Waals surface area (Å²) in [5.41, 5.74) is 9.25. The summed E-state index contributed by atoms with van der Waals surface area (Å²) in [5, 5.41) is 0. The van der Waals surface area contributed by atoms with Crippen LogP contribution in [0.4, 0.5) is 5.69 Å². The van der Waals surface area contributed by atoms with Gasteiger partial charge in [0.1, 0.15) is 0 Å². The number of anilines is 1. The van der Waals surface area contributed by atoms with E-state index in [1.807, 2.05) is 6.07 Å². The summed E-state index contributed by atoms with van der Waals surface area (Å²) in [6, 6.07) is 6.10. The number of benzene rings is 1. The lowest BCUT2D eigenvalue weighted by atomic mass is 10.0. The fourth-order valence-electron chi connectivity index (χ4n) is 1.90. The van der Waals surface area contributed by atoms with Gasteiger partial charge >= 0.3 is 0 Å². The first-order valence-corrected chi connectivity index (χ1v) is 5.29. The molecule has 1 aliphatic rings. The maximum absolute atomic E-state index is 5.77. The van der Waals surface area contributed by atoms with Gasteiger partial charge in [0.25, 0.3) is 0 Å². The van der Waals surface area contributed by atoms with Gasteiger partial charge < -0.3 is 10.5 Å². The SMILES string of the molecule is COC1CN(Cc2cc(N)ccc2C)C1. The molecule has 0 saturated carbocycles. The zero-order valence-corrected chi connectivity index (χ0v) is 9.36. The molecule has 82 valence electrons. The quantitative estimate of drug-likeness (QED) is 0.760. The summed E-state index contributed by atoms with van der Waals surface area (Å²) < 4.78 is 5.24. The number of aryl methyl sites for hydroxylation is 1. The largest absolute Gasteiger partial charge is 0.399 e. The van der Waals surface area contributed by atoms with Crippen LogP contribution in [-0.4, -0.2) is 31.2 Å². The molecule has 1 fully saturated rings. The molecule has 0 aliphatic carbocycles. The highest BCUT2D eigenvalue weighted by atomic mass is 16.5. The first-order chi connectivity index (χ1) is 7.19. The first-order valence-electron chi connectivity index (χ1n) is 5.29. The van der Waals surface area contributed by atoms with Gasteiger partial charge in [0.2, 0.25) is 0 Å². The number of nitrogens with two attached hydrogens (primary N) is 1. The molecular weight excluding hydrogens is 188 g/mol. The van der Waals surface area contributed by atoms with Gasteiger partial charge in [0.05, 0.1) is 6.10 Å². The van der Waals surface area contributed by atoms with Crippen molar-refractivity contribution in [3.63, 3.8) is 0 Å². The molecule has 1 heterocycles. The Kier molecular flexibility index (Phi) is 2.93. The molecule has 0 aromatic heterocycles. The van der Waals surface area contributed by atoms with Gasteiger partial charge in [-0.3, -0.25) is 4.90 Å². The van der Waals surface area contributed by atoms with Crippen molar-refractivity contribution in [1.82, 2.24) is 4.90 Å². The molecule has 0 amide bonds. The lowest BCUT2D eigenvalue weighted by Gasteiger charge is -2.38. The monoisotopic (exact) mass is 206 g/mol. The van der Waals surface area contributed by atoms with Crippen LogP contribution in [0.25, 0.3) is 0 Å². The molecule has 2 N–H and O–H groups in total. The summed E-state index contributed by atoms with van der Waals surface area (Å²) in [5.74, 6) is 0. The number of methoxy groups -OCH3 is 1. The van der Waals surface area contributed by atoms with Gasteiger partial charge in [0.15, 0.2) is 0 Å². The van der Waals surface area contributed by atoms with E-state index in [-0.39, 0.29) is 0 Å². The predicted molar refractivity (Wildman–Crippen MR) is 61.7 cm³/mol. The Balaban J connectivity index is 1.97. The third-order valence-corrected chi connectivity index (χ3v) is 3.02. The predicted octanol–water partition coefficient (Wildman–Crippen LogP) is 1.41. The number of nitrogen functional groups attached to an aromatic ring is 1. The fourth-order valence-corrected chi connectivity index (χ4v) is 1.90. The van der Waals surface area contributed by atoms with Crippen molar-refractivity contribution in [3.8, 4) is 0 Å². The van der Waals surface area contributed by atoms with E-state index in [0.29, 0.717) is 6.10 Å². The Hall–Kier alpha value is -1.06. The second kappa shape index (κ2) is 4.21. The molecule has 1 aromatic carbocycles. The van der Waals surface area contributed by atoms with Crippen LogP contribution in [0.5, 0.6) is 0 Å². The highest BCUT2D eigenvalue weighted by molar-refractivity contribution is 5.44. The van der Waals surface area contributed by atoms with E-state index >= 15 is 0 Å². The molecule has 15 heavy (non-hydrogen) atoms. The van der Waals surface area contributed by atoms with E-state index < -0.39 is 0 Å². The number of likely N-dealkylation sites (tertiary alicyclic amines) is 1. The lowest BCUT2D eigenvalue weighted by Crippen LogP contribution is -2.50. The Morgan fingerprint density at radius 1 is 1.47 bits per heavy atom. The van der Waals surface area contributed by atoms with Gasteiger partial charge in [-0.1, -0.05) is 6.07 Å². The molecule has 3 nitrogen and oxygen atoms in total. The number of hydrogen-bond acceptors (Lipinski definition) is 3. The number of ether oxygens (including phenoxy) is 1. The zero-order valence-electron chi connectivity index (χ0n) is 9.36. The summed E-state index contributed by atoms with van der Waals surface area (Å²) >= 11 is 0. The van der Waals surface area contributed by atoms with Crippen molar-refractivity contribution >= 4 is 5.69 Å². The Labute approximate surface area is 90.8 Å². The number of hydrogen-bond donors (Lipinski definition) is 1. The molecule has 3 heteroatoms. The minimum atomic E-state index is 0.423. The van der Waals surface area contributed by atoms with E-state index in [9.17, 15) is 0 Å². The number of nitrogens with zero attached hydrogens (tertiary/aromatic N) is 1. The van der Waals surface area contributed by atoms with Crippen molar-refractivity contribution in [2.45, 2.75) is 19.6 Å². The Morgan fingerprint density at radius 3 is 2.87 bits per heavy atom. The Morgan fingerprint density at radius 2 is 2.20 bits per heavy atom. The lowest BCUT2D eigenvalue weighted by molar-refractivity contribution is -0.0334. The van der Waals surface area contributed by atoms with Crippen molar-refractivity contribution in [2.24, 2.45) is 0 Å². The molecule has 0 spiro atoms. The maximum atomic E-state index is 5.77. The van der Waals surface area contributed by atoms with E-state index in [1.165, 1.54) is 11.1 Å². The summed E-state index contributed by atoms with van der Waals surface area (Å²) in [6.45, 7) is 5.18. The van der Waals surface area contributed by atoms with Gasteiger partial charge in [-0.05, 0) is 30.2 Å². The van der Waals surface area contributed by atoms with Gasteiger partial charge in [0, 0.05) is 32.4 Å². The fraction of sp³-hybridized carbons (Fsp3) is 0.500. The van der Waals surface area contributed by atoms with E-state index in [2.05, 4.69) is 24.0 Å². The molecule has 1 aliphatic heterocycles. The average Bonchev–Trinajstić information content (AvgIpc) is 2.16. The molecule has 0 bridgehead atoms. The highest BCUT2D eigenvalue weighted by Gasteiger charge is 2.26.